The van der Waals surface area contributed by atoms with Crippen LogP contribution in [0.1, 0.15) is 16.8 Å². The van der Waals surface area contributed by atoms with Crippen molar-refractivity contribution in [3.05, 3.63) is 64.2 Å². The summed E-state index contributed by atoms with van der Waals surface area (Å²) in [5.74, 6) is -0.397. The van der Waals surface area contributed by atoms with Crippen LogP contribution in [0.5, 0.6) is 0 Å². The van der Waals surface area contributed by atoms with Crippen LogP contribution in [0, 0.1) is 12.7 Å². The number of nitrogens with one attached hydrogen (secondary N) is 2. The molecule has 2 N–H and O–H groups in total. The number of rotatable bonds is 5. The van der Waals surface area contributed by atoms with Gasteiger partial charge >= 0.3 is 0 Å². The van der Waals surface area contributed by atoms with Gasteiger partial charge in [-0.25, -0.2) is 4.39 Å². The van der Waals surface area contributed by atoms with Crippen molar-refractivity contribution >= 4 is 17.5 Å². The molecule has 1 aromatic heterocycles. The van der Waals surface area contributed by atoms with Crippen molar-refractivity contribution in [2.24, 2.45) is 0 Å². The number of nitrogens with zero attached hydrogens (tertiary/aromatic N) is 2. The third kappa shape index (κ3) is 4.58. The maximum Gasteiger partial charge on any atom is 0.238 e. The summed E-state index contributed by atoms with van der Waals surface area (Å²) in [5.41, 5.74) is 2.14. The van der Waals surface area contributed by atoms with Crippen LogP contribution in [-0.2, 0) is 17.9 Å². The average molecular weight is 377 g/mol. The highest BCUT2D eigenvalue weighted by Gasteiger charge is 2.26. The fourth-order valence-electron chi connectivity index (χ4n) is 3.02. The zero-order chi connectivity index (χ0) is 18.5. The van der Waals surface area contributed by atoms with Crippen molar-refractivity contribution in [2.45, 2.75) is 26.1 Å². The summed E-state index contributed by atoms with van der Waals surface area (Å²) in [6.07, 6.45) is 1.70. The van der Waals surface area contributed by atoms with E-state index in [4.69, 9.17) is 11.6 Å². The van der Waals surface area contributed by atoms with Crippen molar-refractivity contribution in [1.82, 2.24) is 20.5 Å². The molecule has 0 bridgehead atoms. The van der Waals surface area contributed by atoms with Crippen molar-refractivity contribution in [2.75, 3.05) is 19.6 Å². The molecular formula is C19H22ClFN4O. The number of amides is 1. The number of hydrogen-bond acceptors (Lipinski definition) is 4. The number of pyridine rings is 1. The standard InChI is InChI=1S/C19H22ClFN4O/c1-13-5-6-16(21)15(18(13)20)11-25-9-8-23-17(12-25)19(26)24-10-14-4-2-3-7-22-14/h2-7,17,23H,8-12H2,1H3,(H,24,26)/t17-/m0/s1. The third-order valence-corrected chi connectivity index (χ3v) is 5.03. The molecule has 3 rings (SSSR count). The van der Waals surface area contributed by atoms with Gasteiger partial charge in [0.25, 0.3) is 0 Å². The fraction of sp³-hybridized carbons (Fsp3) is 0.368. The number of piperazine rings is 1. The summed E-state index contributed by atoms with van der Waals surface area (Å²) in [5, 5.41) is 6.56. The van der Waals surface area contributed by atoms with E-state index in [1.807, 2.05) is 30.0 Å². The number of aryl methyl sites for hydroxylation is 1. The molecule has 7 heteroatoms. The molecular weight excluding hydrogens is 355 g/mol. The van der Waals surface area contributed by atoms with Gasteiger partial charge in [0.15, 0.2) is 0 Å². The number of benzene rings is 1. The summed E-state index contributed by atoms with van der Waals surface area (Å²) in [7, 11) is 0. The molecule has 1 amide bonds. The fourth-order valence-corrected chi connectivity index (χ4v) is 3.23. The molecule has 1 aromatic carbocycles. The molecule has 1 aliphatic heterocycles. The lowest BCUT2D eigenvalue weighted by Gasteiger charge is -2.33. The quantitative estimate of drug-likeness (QED) is 0.840. The van der Waals surface area contributed by atoms with E-state index in [1.165, 1.54) is 6.07 Å². The molecule has 0 aliphatic carbocycles. The molecule has 2 heterocycles. The summed E-state index contributed by atoms with van der Waals surface area (Å²) in [6, 6.07) is 8.35. The van der Waals surface area contributed by atoms with Crippen LogP contribution in [0.15, 0.2) is 36.5 Å². The van der Waals surface area contributed by atoms with Gasteiger partial charge in [0, 0.05) is 37.9 Å². The minimum atomic E-state index is -0.348. The van der Waals surface area contributed by atoms with Crippen LogP contribution in [0.2, 0.25) is 5.02 Å². The number of aromatic nitrogens is 1. The molecule has 0 saturated carbocycles. The second-order valence-electron chi connectivity index (χ2n) is 6.44. The van der Waals surface area contributed by atoms with Gasteiger partial charge in [0.05, 0.1) is 23.3 Å². The molecule has 138 valence electrons. The van der Waals surface area contributed by atoms with Gasteiger partial charge in [0.2, 0.25) is 5.91 Å². The summed E-state index contributed by atoms with van der Waals surface area (Å²) in [4.78, 5) is 18.7. The van der Waals surface area contributed by atoms with E-state index in [9.17, 15) is 9.18 Å². The summed E-state index contributed by atoms with van der Waals surface area (Å²) < 4.78 is 14.1. The third-order valence-electron chi connectivity index (χ3n) is 4.51. The Bertz CT molecular complexity index is 772. The first-order valence-corrected chi connectivity index (χ1v) is 8.99. The van der Waals surface area contributed by atoms with E-state index < -0.39 is 0 Å². The minimum absolute atomic E-state index is 0.0869. The first-order chi connectivity index (χ1) is 12.5. The van der Waals surface area contributed by atoms with Gasteiger partial charge in [-0.2, -0.15) is 0 Å². The highest BCUT2D eigenvalue weighted by molar-refractivity contribution is 6.32. The van der Waals surface area contributed by atoms with Crippen LogP contribution in [0.4, 0.5) is 4.39 Å². The van der Waals surface area contributed by atoms with Gasteiger partial charge in [-0.05, 0) is 30.7 Å². The molecule has 1 atom stereocenters. The lowest BCUT2D eigenvalue weighted by atomic mass is 10.1. The van der Waals surface area contributed by atoms with E-state index >= 15 is 0 Å². The van der Waals surface area contributed by atoms with E-state index in [-0.39, 0.29) is 17.8 Å². The maximum absolute atomic E-state index is 14.1. The largest absolute Gasteiger partial charge is 0.349 e. The first kappa shape index (κ1) is 18.8. The van der Waals surface area contributed by atoms with Gasteiger partial charge in [-0.1, -0.05) is 23.7 Å². The molecule has 0 radical (unpaired) electrons. The van der Waals surface area contributed by atoms with Crippen LogP contribution < -0.4 is 10.6 Å². The van der Waals surface area contributed by atoms with Crippen LogP contribution in [-0.4, -0.2) is 41.5 Å². The molecule has 2 aromatic rings. The topological polar surface area (TPSA) is 57.3 Å². The van der Waals surface area contributed by atoms with E-state index in [2.05, 4.69) is 15.6 Å². The van der Waals surface area contributed by atoms with Gasteiger partial charge in [-0.15, -0.1) is 0 Å². The van der Waals surface area contributed by atoms with Gasteiger partial charge < -0.3 is 10.6 Å². The molecule has 0 unspecified atom stereocenters. The second kappa shape index (κ2) is 8.58. The smallest absolute Gasteiger partial charge is 0.238 e. The van der Waals surface area contributed by atoms with Crippen molar-refractivity contribution in [1.29, 1.82) is 0 Å². The van der Waals surface area contributed by atoms with E-state index in [0.29, 0.717) is 36.8 Å². The van der Waals surface area contributed by atoms with Crippen molar-refractivity contribution in [3.8, 4) is 0 Å². The summed E-state index contributed by atoms with van der Waals surface area (Å²) >= 11 is 6.27. The Labute approximate surface area is 157 Å². The molecule has 1 aliphatic rings. The highest BCUT2D eigenvalue weighted by Crippen LogP contribution is 2.25. The zero-order valence-electron chi connectivity index (χ0n) is 14.6. The average Bonchev–Trinajstić information content (AvgIpc) is 2.67. The first-order valence-electron chi connectivity index (χ1n) is 8.61. The Kier molecular flexibility index (Phi) is 6.19. The maximum atomic E-state index is 14.1. The number of hydrogen-bond donors (Lipinski definition) is 2. The van der Waals surface area contributed by atoms with Crippen LogP contribution >= 0.6 is 11.6 Å². The van der Waals surface area contributed by atoms with Crippen LogP contribution in [0.25, 0.3) is 0 Å². The predicted molar refractivity (Wildman–Crippen MR) is 99.3 cm³/mol. The zero-order valence-corrected chi connectivity index (χ0v) is 15.4. The summed E-state index contributed by atoms with van der Waals surface area (Å²) in [6.45, 7) is 4.52. The number of carbonyl (C=O) groups is 1. The highest BCUT2D eigenvalue weighted by atomic mass is 35.5. The van der Waals surface area contributed by atoms with E-state index in [0.717, 1.165) is 17.8 Å². The number of carbonyl (C=O) groups excluding carboxylic acids is 1. The lowest BCUT2D eigenvalue weighted by Crippen LogP contribution is -2.56. The Morgan fingerprint density at radius 3 is 3.04 bits per heavy atom. The van der Waals surface area contributed by atoms with Gasteiger partial charge in [0.1, 0.15) is 5.82 Å². The molecule has 1 saturated heterocycles. The Hall–Kier alpha value is -2.02. The molecule has 1 fully saturated rings. The lowest BCUT2D eigenvalue weighted by molar-refractivity contribution is -0.124. The Morgan fingerprint density at radius 2 is 2.27 bits per heavy atom. The predicted octanol–water partition coefficient (Wildman–Crippen LogP) is 2.27. The Balaban J connectivity index is 1.59. The normalized spacial score (nSPS) is 17.9. The van der Waals surface area contributed by atoms with Gasteiger partial charge in [-0.3, -0.25) is 14.7 Å². The monoisotopic (exact) mass is 376 g/mol. The van der Waals surface area contributed by atoms with Crippen molar-refractivity contribution < 1.29 is 9.18 Å². The SMILES string of the molecule is Cc1ccc(F)c(CN2CCN[C@H](C(=O)NCc3ccccn3)C2)c1Cl. The molecule has 26 heavy (non-hydrogen) atoms. The van der Waals surface area contributed by atoms with Crippen molar-refractivity contribution in [3.63, 3.8) is 0 Å². The van der Waals surface area contributed by atoms with Crippen LogP contribution in [0.3, 0.4) is 0 Å². The molecule has 5 nitrogen and oxygen atoms in total. The van der Waals surface area contributed by atoms with E-state index in [1.54, 1.807) is 12.3 Å². The molecule has 0 spiro atoms. The minimum Gasteiger partial charge on any atom is -0.349 e. The Morgan fingerprint density at radius 1 is 1.42 bits per heavy atom. The number of halogens is 2. The second-order valence-corrected chi connectivity index (χ2v) is 6.82.